The van der Waals surface area contributed by atoms with Crippen molar-refractivity contribution in [1.82, 2.24) is 10.2 Å². The van der Waals surface area contributed by atoms with E-state index in [0.29, 0.717) is 23.3 Å². The van der Waals surface area contributed by atoms with Gasteiger partial charge in [-0.2, -0.15) is 11.8 Å². The minimum atomic E-state index is -0.840. The lowest BCUT2D eigenvalue weighted by Crippen LogP contribution is -2.50. The molecule has 1 N–H and O–H groups in total. The number of hydrogen-bond donors (Lipinski definition) is 1. The van der Waals surface area contributed by atoms with Crippen molar-refractivity contribution < 1.29 is 14.4 Å². The standard InChI is InChI=1S/C16H16N2O3S/c1-3-9-17-14(19)13(8-10-22-2)18-15(20)11-6-4-5-7-12(11)16(18)21/h1,4-7,13H,8-10H2,2H3,(H,17,19). The first-order valence-corrected chi connectivity index (χ1v) is 8.18. The molecule has 22 heavy (non-hydrogen) atoms. The molecule has 2 rings (SSSR count). The van der Waals surface area contributed by atoms with Crippen molar-refractivity contribution >= 4 is 29.5 Å². The Labute approximate surface area is 133 Å². The van der Waals surface area contributed by atoms with Crippen molar-refractivity contribution in [3.05, 3.63) is 35.4 Å². The molecule has 0 aromatic heterocycles. The maximum absolute atomic E-state index is 12.5. The number of hydrogen-bond acceptors (Lipinski definition) is 4. The maximum Gasteiger partial charge on any atom is 0.262 e. The lowest BCUT2D eigenvalue weighted by atomic mass is 10.1. The van der Waals surface area contributed by atoms with Gasteiger partial charge in [0, 0.05) is 0 Å². The number of imide groups is 1. The largest absolute Gasteiger partial charge is 0.343 e. The minimum absolute atomic E-state index is 0.0672. The fraction of sp³-hybridized carbons (Fsp3) is 0.312. The van der Waals surface area contributed by atoms with E-state index in [1.165, 1.54) is 0 Å². The van der Waals surface area contributed by atoms with E-state index in [-0.39, 0.29) is 6.54 Å². The second-order valence-electron chi connectivity index (χ2n) is 4.75. The van der Waals surface area contributed by atoms with Gasteiger partial charge in [0.2, 0.25) is 5.91 Å². The SMILES string of the molecule is C#CCNC(=O)C(CCSC)N1C(=O)c2ccccc2C1=O. The molecule has 0 radical (unpaired) electrons. The Kier molecular flexibility index (Phi) is 5.23. The molecule has 0 bridgehead atoms. The summed E-state index contributed by atoms with van der Waals surface area (Å²) in [7, 11) is 0. The first kappa shape index (κ1) is 16.1. The smallest absolute Gasteiger partial charge is 0.262 e. The van der Waals surface area contributed by atoms with Crippen LogP contribution >= 0.6 is 11.8 Å². The predicted molar refractivity (Wildman–Crippen MR) is 85.6 cm³/mol. The van der Waals surface area contributed by atoms with E-state index in [1.807, 2.05) is 6.26 Å². The Morgan fingerprint density at radius 2 is 1.91 bits per heavy atom. The summed E-state index contributed by atoms with van der Waals surface area (Å²) in [4.78, 5) is 38.3. The molecule has 1 aliphatic rings. The number of nitrogens with one attached hydrogen (secondary N) is 1. The molecule has 5 nitrogen and oxygen atoms in total. The summed E-state index contributed by atoms with van der Waals surface area (Å²) >= 11 is 1.55. The normalized spacial score (nSPS) is 14.5. The van der Waals surface area contributed by atoms with E-state index in [9.17, 15) is 14.4 Å². The molecule has 114 valence electrons. The summed E-state index contributed by atoms with van der Waals surface area (Å²) in [5, 5.41) is 2.56. The zero-order valence-electron chi connectivity index (χ0n) is 12.2. The number of benzene rings is 1. The van der Waals surface area contributed by atoms with E-state index in [1.54, 1.807) is 36.0 Å². The van der Waals surface area contributed by atoms with Gasteiger partial charge in [-0.05, 0) is 30.6 Å². The third-order valence-electron chi connectivity index (χ3n) is 3.40. The summed E-state index contributed by atoms with van der Waals surface area (Å²) in [5.74, 6) is 1.71. The molecular formula is C16H16N2O3S. The van der Waals surface area contributed by atoms with Gasteiger partial charge < -0.3 is 5.32 Å². The molecular weight excluding hydrogens is 300 g/mol. The highest BCUT2D eigenvalue weighted by atomic mass is 32.2. The van der Waals surface area contributed by atoms with Gasteiger partial charge in [0.15, 0.2) is 0 Å². The van der Waals surface area contributed by atoms with Crippen molar-refractivity contribution in [3.8, 4) is 12.3 Å². The summed E-state index contributed by atoms with van der Waals surface area (Å²) in [6.45, 7) is 0.0672. The van der Waals surface area contributed by atoms with Crippen LogP contribution in [0.25, 0.3) is 0 Å². The fourth-order valence-corrected chi connectivity index (χ4v) is 2.81. The van der Waals surface area contributed by atoms with Crippen LogP contribution in [0.5, 0.6) is 0 Å². The molecule has 1 aromatic rings. The zero-order valence-corrected chi connectivity index (χ0v) is 13.0. The molecule has 0 fully saturated rings. The molecule has 6 heteroatoms. The number of thioether (sulfide) groups is 1. The van der Waals surface area contributed by atoms with Gasteiger partial charge in [-0.15, -0.1) is 6.42 Å². The number of fused-ring (bicyclic) bond motifs is 1. The van der Waals surface area contributed by atoms with Gasteiger partial charge in [-0.3, -0.25) is 19.3 Å². The highest BCUT2D eigenvalue weighted by Gasteiger charge is 2.42. The summed E-state index contributed by atoms with van der Waals surface area (Å²) in [6.07, 6.45) is 7.43. The molecule has 1 atom stereocenters. The summed E-state index contributed by atoms with van der Waals surface area (Å²) in [5.41, 5.74) is 0.679. The van der Waals surface area contributed by atoms with E-state index in [2.05, 4.69) is 11.2 Å². The molecule has 0 aliphatic carbocycles. The molecule has 0 saturated heterocycles. The van der Waals surface area contributed by atoms with Gasteiger partial charge in [0.1, 0.15) is 6.04 Å². The third-order valence-corrected chi connectivity index (χ3v) is 4.04. The van der Waals surface area contributed by atoms with Crippen LogP contribution in [0, 0.1) is 12.3 Å². The number of terminal acetylenes is 1. The average Bonchev–Trinajstić information content (AvgIpc) is 2.78. The van der Waals surface area contributed by atoms with Gasteiger partial charge in [0.25, 0.3) is 11.8 Å². The average molecular weight is 316 g/mol. The topological polar surface area (TPSA) is 66.5 Å². The van der Waals surface area contributed by atoms with Crippen LogP contribution in [0.15, 0.2) is 24.3 Å². The summed E-state index contributed by atoms with van der Waals surface area (Å²) < 4.78 is 0. The molecule has 1 heterocycles. The molecule has 0 spiro atoms. The molecule has 1 aromatic carbocycles. The van der Waals surface area contributed by atoms with Crippen molar-refractivity contribution in [2.45, 2.75) is 12.5 Å². The van der Waals surface area contributed by atoms with Crippen molar-refractivity contribution in [1.29, 1.82) is 0 Å². The minimum Gasteiger partial charge on any atom is -0.343 e. The van der Waals surface area contributed by atoms with E-state index < -0.39 is 23.8 Å². The van der Waals surface area contributed by atoms with Crippen LogP contribution in [0.1, 0.15) is 27.1 Å². The first-order valence-electron chi connectivity index (χ1n) is 6.78. The van der Waals surface area contributed by atoms with E-state index >= 15 is 0 Å². The lowest BCUT2D eigenvalue weighted by Gasteiger charge is -2.24. The number of amides is 3. The Morgan fingerprint density at radius 1 is 1.32 bits per heavy atom. The zero-order chi connectivity index (χ0) is 16.1. The fourth-order valence-electron chi connectivity index (χ4n) is 2.35. The Hall–Kier alpha value is -2.26. The third kappa shape index (κ3) is 3.00. The second-order valence-corrected chi connectivity index (χ2v) is 5.73. The maximum atomic E-state index is 12.5. The van der Waals surface area contributed by atoms with Gasteiger partial charge in [-0.25, -0.2) is 0 Å². The number of carbonyl (C=O) groups excluding carboxylic acids is 3. The highest BCUT2D eigenvalue weighted by Crippen LogP contribution is 2.26. The quantitative estimate of drug-likeness (QED) is 0.632. The monoisotopic (exact) mass is 316 g/mol. The van der Waals surface area contributed by atoms with Gasteiger partial charge in [0.05, 0.1) is 17.7 Å². The molecule has 3 amide bonds. The van der Waals surface area contributed by atoms with E-state index in [0.717, 1.165) is 4.90 Å². The van der Waals surface area contributed by atoms with Crippen molar-refractivity contribution in [2.75, 3.05) is 18.6 Å². The summed E-state index contributed by atoms with van der Waals surface area (Å²) in [6, 6.07) is 5.75. The van der Waals surface area contributed by atoms with Crippen LogP contribution in [0.3, 0.4) is 0 Å². The number of carbonyl (C=O) groups is 3. The van der Waals surface area contributed by atoms with Crippen LogP contribution in [-0.2, 0) is 4.79 Å². The molecule has 0 saturated carbocycles. The molecule has 1 unspecified atom stereocenters. The van der Waals surface area contributed by atoms with Crippen LogP contribution in [0.2, 0.25) is 0 Å². The van der Waals surface area contributed by atoms with E-state index in [4.69, 9.17) is 6.42 Å². The Morgan fingerprint density at radius 3 is 2.41 bits per heavy atom. The number of nitrogens with zero attached hydrogens (tertiary/aromatic N) is 1. The predicted octanol–water partition coefficient (Wildman–Crippen LogP) is 1.15. The Bertz CT molecular complexity index is 616. The Balaban J connectivity index is 2.29. The van der Waals surface area contributed by atoms with Gasteiger partial charge >= 0.3 is 0 Å². The second kappa shape index (κ2) is 7.14. The molecule has 1 aliphatic heterocycles. The lowest BCUT2D eigenvalue weighted by molar-refractivity contribution is -0.124. The van der Waals surface area contributed by atoms with Crippen LogP contribution in [-0.4, -0.2) is 47.2 Å². The number of rotatable bonds is 6. The van der Waals surface area contributed by atoms with Crippen LogP contribution in [0.4, 0.5) is 0 Å². The van der Waals surface area contributed by atoms with Crippen LogP contribution < -0.4 is 5.32 Å². The van der Waals surface area contributed by atoms with Crippen molar-refractivity contribution in [2.24, 2.45) is 0 Å². The van der Waals surface area contributed by atoms with Gasteiger partial charge in [-0.1, -0.05) is 18.1 Å². The first-order chi connectivity index (χ1) is 10.6. The van der Waals surface area contributed by atoms with Crippen molar-refractivity contribution in [3.63, 3.8) is 0 Å². The highest BCUT2D eigenvalue weighted by molar-refractivity contribution is 7.98.